The van der Waals surface area contributed by atoms with Crippen molar-refractivity contribution in [1.29, 1.82) is 0 Å². The van der Waals surface area contributed by atoms with Crippen LogP contribution in [0.5, 0.6) is 0 Å². The molecule has 6 nitrogen and oxygen atoms in total. The summed E-state index contributed by atoms with van der Waals surface area (Å²) in [6.07, 6.45) is 5.12. The minimum atomic E-state index is -3.67. The molecule has 0 bridgehead atoms. The number of piperidine rings is 1. The van der Waals surface area contributed by atoms with Gasteiger partial charge < -0.3 is 0 Å². The van der Waals surface area contributed by atoms with Crippen LogP contribution in [0.1, 0.15) is 39.4 Å². The molecule has 30 heavy (non-hydrogen) atoms. The zero-order chi connectivity index (χ0) is 21.1. The molecule has 10 heteroatoms. The Labute approximate surface area is 188 Å². The van der Waals surface area contributed by atoms with Gasteiger partial charge in [0.15, 0.2) is 5.13 Å². The third-order valence-electron chi connectivity index (χ3n) is 4.83. The molecule has 158 valence electrons. The first-order chi connectivity index (χ1) is 14.4. The van der Waals surface area contributed by atoms with Gasteiger partial charge in [-0.15, -0.1) is 22.7 Å². The van der Waals surface area contributed by atoms with Crippen LogP contribution in [0.4, 0.5) is 5.13 Å². The Balaban J connectivity index is 1.47. The Morgan fingerprint density at radius 1 is 1.13 bits per heavy atom. The maximum atomic E-state index is 13.0. The number of nitrogens with one attached hydrogen (secondary N) is 1. The van der Waals surface area contributed by atoms with Crippen LogP contribution in [-0.4, -0.2) is 36.7 Å². The van der Waals surface area contributed by atoms with Crippen molar-refractivity contribution in [3.05, 3.63) is 62.2 Å². The largest absolute Gasteiger partial charge is 0.297 e. The number of carbonyl (C=O) groups is 1. The van der Waals surface area contributed by atoms with Crippen molar-refractivity contribution in [1.82, 2.24) is 9.29 Å². The predicted molar refractivity (Wildman–Crippen MR) is 121 cm³/mol. The number of sulfonamides is 1. The van der Waals surface area contributed by atoms with Crippen LogP contribution < -0.4 is 5.32 Å². The molecule has 1 N–H and O–H groups in total. The Morgan fingerprint density at radius 3 is 2.60 bits per heavy atom. The van der Waals surface area contributed by atoms with E-state index in [9.17, 15) is 13.2 Å². The van der Waals surface area contributed by atoms with E-state index in [1.807, 2.05) is 24.3 Å². The average molecular weight is 482 g/mol. The molecule has 0 atom stereocenters. The third kappa shape index (κ3) is 4.76. The van der Waals surface area contributed by atoms with Crippen LogP contribution in [0.25, 0.3) is 0 Å². The highest BCUT2D eigenvalue weighted by Crippen LogP contribution is 2.29. The predicted octanol–water partition coefficient (Wildman–Crippen LogP) is 4.88. The lowest BCUT2D eigenvalue weighted by Gasteiger charge is -2.25. The van der Waals surface area contributed by atoms with Gasteiger partial charge in [-0.05, 0) is 42.0 Å². The summed E-state index contributed by atoms with van der Waals surface area (Å²) in [7, 11) is -3.67. The lowest BCUT2D eigenvalue weighted by atomic mass is 10.1. The summed E-state index contributed by atoms with van der Waals surface area (Å²) in [6.45, 7) is 1.000. The van der Waals surface area contributed by atoms with Crippen molar-refractivity contribution in [2.24, 2.45) is 0 Å². The monoisotopic (exact) mass is 481 g/mol. The van der Waals surface area contributed by atoms with Crippen molar-refractivity contribution in [2.75, 3.05) is 18.4 Å². The zero-order valence-corrected chi connectivity index (χ0v) is 19.2. The van der Waals surface area contributed by atoms with Crippen LogP contribution in [0.3, 0.4) is 0 Å². The van der Waals surface area contributed by atoms with Gasteiger partial charge in [0.1, 0.15) is 9.77 Å². The Morgan fingerprint density at radius 2 is 1.87 bits per heavy atom. The number of hydrogen-bond donors (Lipinski definition) is 1. The van der Waals surface area contributed by atoms with E-state index in [0.717, 1.165) is 41.0 Å². The lowest BCUT2D eigenvalue weighted by molar-refractivity contribution is 0.102. The molecule has 0 spiro atoms. The van der Waals surface area contributed by atoms with Gasteiger partial charge in [-0.3, -0.25) is 10.1 Å². The molecule has 0 saturated carbocycles. The number of rotatable bonds is 6. The van der Waals surface area contributed by atoms with Crippen LogP contribution in [-0.2, 0) is 16.4 Å². The van der Waals surface area contributed by atoms with E-state index in [1.165, 1.54) is 21.7 Å². The molecule has 3 heterocycles. The molecule has 0 unspecified atom stereocenters. The standard InChI is InChI=1S/C20H20ClN3O3S3/c21-15-6-4-14(5-7-15)12-16-13-22-20(29-16)23-19(25)18-17(8-11-28-18)30(26,27)24-9-2-1-3-10-24/h4-8,11,13H,1-3,9-10,12H2,(H,22,23,25). The number of hydrogen-bond acceptors (Lipinski definition) is 6. The SMILES string of the molecule is O=C(Nc1ncc(Cc2ccc(Cl)cc2)s1)c1sccc1S(=O)(=O)N1CCCCC1. The number of thiazole rings is 1. The van der Waals surface area contributed by atoms with Gasteiger partial charge in [0.2, 0.25) is 10.0 Å². The summed E-state index contributed by atoms with van der Waals surface area (Å²) in [6, 6.07) is 9.08. The number of thiophene rings is 1. The van der Waals surface area contributed by atoms with E-state index in [0.29, 0.717) is 29.7 Å². The summed E-state index contributed by atoms with van der Waals surface area (Å²) in [5.74, 6) is -0.451. The molecular weight excluding hydrogens is 462 g/mol. The second kappa shape index (κ2) is 9.15. The summed E-state index contributed by atoms with van der Waals surface area (Å²) < 4.78 is 27.5. The number of halogens is 1. The second-order valence-electron chi connectivity index (χ2n) is 6.97. The van der Waals surface area contributed by atoms with Crippen LogP contribution in [0.15, 0.2) is 46.8 Å². The molecule has 3 aromatic rings. The van der Waals surface area contributed by atoms with E-state index in [2.05, 4.69) is 10.3 Å². The first-order valence-corrected chi connectivity index (χ1v) is 13.0. The molecule has 0 radical (unpaired) electrons. The maximum Gasteiger partial charge on any atom is 0.268 e. The maximum absolute atomic E-state index is 13.0. The minimum Gasteiger partial charge on any atom is -0.297 e. The van der Waals surface area contributed by atoms with Crippen molar-refractivity contribution < 1.29 is 13.2 Å². The van der Waals surface area contributed by atoms with Gasteiger partial charge in [-0.2, -0.15) is 4.31 Å². The van der Waals surface area contributed by atoms with Gasteiger partial charge in [0.25, 0.3) is 5.91 Å². The number of nitrogens with zero attached hydrogens (tertiary/aromatic N) is 2. The summed E-state index contributed by atoms with van der Waals surface area (Å²) >= 11 is 8.41. The molecule has 1 aliphatic rings. The topological polar surface area (TPSA) is 79.4 Å². The highest BCUT2D eigenvalue weighted by atomic mass is 35.5. The smallest absolute Gasteiger partial charge is 0.268 e. The lowest BCUT2D eigenvalue weighted by Crippen LogP contribution is -2.36. The highest BCUT2D eigenvalue weighted by molar-refractivity contribution is 7.89. The Kier molecular flexibility index (Phi) is 6.54. The third-order valence-corrected chi connectivity index (χ3v) is 8.98. The van der Waals surface area contributed by atoms with E-state index in [1.54, 1.807) is 11.6 Å². The van der Waals surface area contributed by atoms with Crippen molar-refractivity contribution in [2.45, 2.75) is 30.6 Å². The molecule has 0 aliphatic carbocycles. The summed E-state index contributed by atoms with van der Waals surface area (Å²) in [5.41, 5.74) is 1.09. The molecular formula is C20H20ClN3O3S3. The molecule has 1 aromatic carbocycles. The van der Waals surface area contributed by atoms with Gasteiger partial charge >= 0.3 is 0 Å². The number of anilines is 1. The van der Waals surface area contributed by atoms with E-state index in [-0.39, 0.29) is 9.77 Å². The Hall–Kier alpha value is -1.78. The molecule has 4 rings (SSSR count). The number of aromatic nitrogens is 1. The Bertz CT molecular complexity index is 1130. The van der Waals surface area contributed by atoms with Crippen LogP contribution >= 0.6 is 34.3 Å². The van der Waals surface area contributed by atoms with Gasteiger partial charge in [0, 0.05) is 35.6 Å². The molecule has 2 aromatic heterocycles. The van der Waals surface area contributed by atoms with Crippen LogP contribution in [0, 0.1) is 0 Å². The van der Waals surface area contributed by atoms with E-state index >= 15 is 0 Å². The molecule has 1 amide bonds. The van der Waals surface area contributed by atoms with Gasteiger partial charge in [0.05, 0.1) is 0 Å². The number of benzene rings is 1. The average Bonchev–Trinajstić information content (AvgIpc) is 3.40. The van der Waals surface area contributed by atoms with Crippen molar-refractivity contribution >= 4 is 55.3 Å². The minimum absolute atomic E-state index is 0.0739. The molecule has 1 saturated heterocycles. The molecule has 1 aliphatic heterocycles. The first-order valence-electron chi connectivity index (χ1n) is 9.51. The summed E-state index contributed by atoms with van der Waals surface area (Å²) in [5, 5.41) is 5.51. The fraction of sp³-hybridized carbons (Fsp3) is 0.300. The number of amides is 1. The zero-order valence-electron chi connectivity index (χ0n) is 16.0. The molecule has 1 fully saturated rings. The van der Waals surface area contributed by atoms with E-state index in [4.69, 9.17) is 11.6 Å². The highest BCUT2D eigenvalue weighted by Gasteiger charge is 2.31. The fourth-order valence-electron chi connectivity index (χ4n) is 3.31. The van der Waals surface area contributed by atoms with Gasteiger partial charge in [-0.1, -0.05) is 30.2 Å². The number of carbonyl (C=O) groups excluding carboxylic acids is 1. The quantitative estimate of drug-likeness (QED) is 0.544. The van der Waals surface area contributed by atoms with Crippen molar-refractivity contribution in [3.63, 3.8) is 0 Å². The normalized spacial score (nSPS) is 15.2. The first kappa shape index (κ1) is 21.5. The second-order valence-corrected chi connectivity index (χ2v) is 11.3. The summed E-state index contributed by atoms with van der Waals surface area (Å²) in [4.78, 5) is 18.3. The van der Waals surface area contributed by atoms with Gasteiger partial charge in [-0.25, -0.2) is 13.4 Å². The fourth-order valence-corrected chi connectivity index (χ4v) is 7.10. The van der Waals surface area contributed by atoms with E-state index < -0.39 is 15.9 Å². The van der Waals surface area contributed by atoms with Crippen molar-refractivity contribution in [3.8, 4) is 0 Å². The van der Waals surface area contributed by atoms with Crippen LogP contribution in [0.2, 0.25) is 5.02 Å².